The number of rotatable bonds is 3. The van der Waals surface area contributed by atoms with Crippen LogP contribution in [0.5, 0.6) is 5.75 Å². The molecule has 0 amide bonds. The van der Waals surface area contributed by atoms with E-state index in [0.29, 0.717) is 0 Å². The van der Waals surface area contributed by atoms with E-state index in [4.69, 9.17) is 10.5 Å². The van der Waals surface area contributed by atoms with Gasteiger partial charge in [0.25, 0.3) is 0 Å². The fourth-order valence-electron chi connectivity index (χ4n) is 1.29. The van der Waals surface area contributed by atoms with Crippen molar-refractivity contribution in [1.29, 1.82) is 0 Å². The number of ether oxygens (including phenoxy) is 1. The lowest BCUT2D eigenvalue weighted by Crippen LogP contribution is -2.52. The maximum absolute atomic E-state index is 10.3. The first-order chi connectivity index (χ1) is 6.79. The van der Waals surface area contributed by atoms with Gasteiger partial charge in [-0.1, -0.05) is 12.1 Å². The molecule has 0 saturated heterocycles. The fourth-order valence-corrected chi connectivity index (χ4v) is 1.29. The van der Waals surface area contributed by atoms with E-state index < -0.39 is 11.1 Å². The summed E-state index contributed by atoms with van der Waals surface area (Å²) in [6.45, 7) is 5.32. The van der Waals surface area contributed by atoms with Crippen molar-refractivity contribution in [2.45, 2.75) is 31.9 Å². The van der Waals surface area contributed by atoms with Gasteiger partial charge in [-0.05, 0) is 38.5 Å². The van der Waals surface area contributed by atoms with Gasteiger partial charge in [-0.15, -0.1) is 0 Å². The molecule has 1 aromatic rings. The Hall–Kier alpha value is -1.06. The van der Waals surface area contributed by atoms with E-state index in [0.717, 1.165) is 11.3 Å². The Kier molecular flexibility index (Phi) is 3.07. The second kappa shape index (κ2) is 3.83. The van der Waals surface area contributed by atoms with Gasteiger partial charge in [0, 0.05) is 5.54 Å². The van der Waals surface area contributed by atoms with Crippen molar-refractivity contribution >= 4 is 0 Å². The van der Waals surface area contributed by atoms with Crippen LogP contribution in [-0.4, -0.2) is 17.8 Å². The van der Waals surface area contributed by atoms with Crippen LogP contribution in [0.4, 0.5) is 0 Å². The van der Waals surface area contributed by atoms with Crippen LogP contribution in [0.3, 0.4) is 0 Å². The molecular formula is C12H19NO2. The minimum atomic E-state index is -1.06. The van der Waals surface area contributed by atoms with Gasteiger partial charge >= 0.3 is 0 Å². The van der Waals surface area contributed by atoms with Crippen LogP contribution < -0.4 is 10.5 Å². The van der Waals surface area contributed by atoms with Gasteiger partial charge in [0.2, 0.25) is 0 Å². The largest absolute Gasteiger partial charge is 0.497 e. The van der Waals surface area contributed by atoms with Crippen LogP contribution >= 0.6 is 0 Å². The second-order valence-corrected chi connectivity index (χ2v) is 4.52. The van der Waals surface area contributed by atoms with E-state index in [2.05, 4.69) is 0 Å². The van der Waals surface area contributed by atoms with E-state index in [1.807, 2.05) is 24.3 Å². The van der Waals surface area contributed by atoms with E-state index in [1.165, 1.54) is 0 Å². The standard InChI is InChI=1S/C12H19NO2/c1-11(2,13)12(3,14)9-5-7-10(15-4)8-6-9/h5-8,14H,13H2,1-4H3. The Labute approximate surface area is 90.9 Å². The van der Waals surface area contributed by atoms with Crippen LogP contribution in [0.25, 0.3) is 0 Å². The number of benzene rings is 1. The molecular weight excluding hydrogens is 190 g/mol. The molecule has 1 aromatic carbocycles. The normalized spacial score (nSPS) is 15.9. The molecule has 0 aromatic heterocycles. The smallest absolute Gasteiger partial charge is 0.118 e. The molecule has 84 valence electrons. The monoisotopic (exact) mass is 209 g/mol. The Bertz CT molecular complexity index is 322. The summed E-state index contributed by atoms with van der Waals surface area (Å²) < 4.78 is 5.05. The molecule has 0 radical (unpaired) electrons. The zero-order chi connectivity index (χ0) is 11.7. The first-order valence-electron chi connectivity index (χ1n) is 4.95. The van der Waals surface area contributed by atoms with E-state index in [-0.39, 0.29) is 0 Å². The summed E-state index contributed by atoms with van der Waals surface area (Å²) in [6.07, 6.45) is 0. The highest BCUT2D eigenvalue weighted by atomic mass is 16.5. The number of nitrogens with two attached hydrogens (primary N) is 1. The second-order valence-electron chi connectivity index (χ2n) is 4.52. The quantitative estimate of drug-likeness (QED) is 0.795. The topological polar surface area (TPSA) is 55.5 Å². The summed E-state index contributed by atoms with van der Waals surface area (Å²) in [4.78, 5) is 0. The molecule has 1 rings (SSSR count). The number of hydrogen-bond acceptors (Lipinski definition) is 3. The summed E-state index contributed by atoms with van der Waals surface area (Å²) in [7, 11) is 1.61. The third kappa shape index (κ3) is 2.30. The van der Waals surface area contributed by atoms with Gasteiger partial charge in [0.15, 0.2) is 0 Å². The van der Waals surface area contributed by atoms with Gasteiger partial charge in [-0.25, -0.2) is 0 Å². The highest BCUT2D eigenvalue weighted by Crippen LogP contribution is 2.31. The molecule has 3 N–H and O–H groups in total. The van der Waals surface area contributed by atoms with Crippen molar-refractivity contribution in [3.8, 4) is 5.75 Å². The number of methoxy groups -OCH3 is 1. The minimum Gasteiger partial charge on any atom is -0.497 e. The first kappa shape index (κ1) is 12.0. The van der Waals surface area contributed by atoms with Crippen molar-refractivity contribution in [3.05, 3.63) is 29.8 Å². The minimum absolute atomic E-state index is 0.693. The van der Waals surface area contributed by atoms with Gasteiger partial charge in [-0.2, -0.15) is 0 Å². The summed E-state index contributed by atoms with van der Waals surface area (Å²) in [5.41, 5.74) is 4.97. The zero-order valence-corrected chi connectivity index (χ0v) is 9.74. The molecule has 15 heavy (non-hydrogen) atoms. The third-order valence-electron chi connectivity index (χ3n) is 2.91. The van der Waals surface area contributed by atoms with Gasteiger partial charge in [0.1, 0.15) is 11.4 Å². The predicted octanol–water partition coefficient (Wildman–Crippen LogP) is 1.64. The van der Waals surface area contributed by atoms with E-state index in [9.17, 15) is 5.11 Å². The van der Waals surface area contributed by atoms with Gasteiger partial charge in [0.05, 0.1) is 7.11 Å². The molecule has 0 spiro atoms. The summed E-state index contributed by atoms with van der Waals surface area (Å²) in [6, 6.07) is 7.28. The summed E-state index contributed by atoms with van der Waals surface area (Å²) in [5.74, 6) is 0.768. The van der Waals surface area contributed by atoms with Crippen LogP contribution in [0.2, 0.25) is 0 Å². The van der Waals surface area contributed by atoms with Crippen molar-refractivity contribution in [1.82, 2.24) is 0 Å². The Balaban J connectivity index is 3.06. The molecule has 3 heteroatoms. The number of aliphatic hydroxyl groups is 1. The molecule has 0 aliphatic rings. The third-order valence-corrected chi connectivity index (χ3v) is 2.91. The molecule has 0 aliphatic carbocycles. The SMILES string of the molecule is COc1ccc(C(C)(O)C(C)(C)N)cc1. The molecule has 0 saturated carbocycles. The lowest BCUT2D eigenvalue weighted by Gasteiger charge is -2.37. The highest BCUT2D eigenvalue weighted by Gasteiger charge is 2.37. The maximum atomic E-state index is 10.3. The molecule has 0 aliphatic heterocycles. The Morgan fingerprint density at radius 3 is 1.93 bits per heavy atom. The summed E-state index contributed by atoms with van der Waals surface area (Å²) in [5, 5.41) is 10.3. The predicted molar refractivity (Wildman–Crippen MR) is 60.8 cm³/mol. The van der Waals surface area contributed by atoms with Gasteiger partial charge in [-0.3, -0.25) is 0 Å². The van der Waals surface area contributed by atoms with E-state index >= 15 is 0 Å². The highest BCUT2D eigenvalue weighted by molar-refractivity contribution is 5.32. The maximum Gasteiger partial charge on any atom is 0.118 e. The van der Waals surface area contributed by atoms with Gasteiger partial charge < -0.3 is 15.6 Å². The fraction of sp³-hybridized carbons (Fsp3) is 0.500. The molecule has 1 unspecified atom stereocenters. The number of hydrogen-bond donors (Lipinski definition) is 2. The van der Waals surface area contributed by atoms with Crippen molar-refractivity contribution in [3.63, 3.8) is 0 Å². The van der Waals surface area contributed by atoms with Crippen LogP contribution in [0.15, 0.2) is 24.3 Å². The molecule has 3 nitrogen and oxygen atoms in total. The van der Waals surface area contributed by atoms with Crippen molar-refractivity contribution in [2.24, 2.45) is 5.73 Å². The molecule has 0 fully saturated rings. The lowest BCUT2D eigenvalue weighted by molar-refractivity contribution is -0.00872. The molecule has 0 heterocycles. The average Bonchev–Trinajstić information content (AvgIpc) is 2.16. The zero-order valence-electron chi connectivity index (χ0n) is 9.74. The molecule has 0 bridgehead atoms. The Morgan fingerprint density at radius 1 is 1.13 bits per heavy atom. The first-order valence-corrected chi connectivity index (χ1v) is 4.95. The summed E-state index contributed by atoms with van der Waals surface area (Å²) >= 11 is 0. The van der Waals surface area contributed by atoms with E-state index in [1.54, 1.807) is 27.9 Å². The van der Waals surface area contributed by atoms with Crippen LogP contribution in [0, 0.1) is 0 Å². The van der Waals surface area contributed by atoms with Crippen molar-refractivity contribution in [2.75, 3.05) is 7.11 Å². The average molecular weight is 209 g/mol. The Morgan fingerprint density at radius 2 is 1.60 bits per heavy atom. The van der Waals surface area contributed by atoms with Crippen LogP contribution in [0.1, 0.15) is 26.3 Å². The van der Waals surface area contributed by atoms with Crippen LogP contribution in [-0.2, 0) is 5.60 Å². The lowest BCUT2D eigenvalue weighted by atomic mass is 9.79. The molecule has 1 atom stereocenters. The van der Waals surface area contributed by atoms with Crippen molar-refractivity contribution < 1.29 is 9.84 Å².